The number of rotatable bonds is 10. The van der Waals surface area contributed by atoms with E-state index >= 15 is 0 Å². The Balaban J connectivity index is 0.989. The molecule has 2 fully saturated rings. The number of likely N-dealkylation sites (tertiary alicyclic amines) is 1. The zero-order valence-electron chi connectivity index (χ0n) is 19.2. The fourth-order valence-electron chi connectivity index (χ4n) is 5.58. The minimum absolute atomic E-state index is 0.0720. The average molecular weight is 446 g/mol. The Kier molecular flexibility index (Phi) is 6.36. The highest BCUT2D eigenvalue weighted by atomic mass is 16.5. The standard InChI is InChI=1S/C27H31N3O3/c1-18-8-10-28-22(14-18)23-15-19(9-11-29-23)17-33-13-5-3-2-4-12-30-26(31)24-20-6-7-21(16-20)25(24)27(30)32/h6-11,14-15,20-21,24-25H,2-5,12-13,16-17H2,1H3. The van der Waals surface area contributed by atoms with Gasteiger partial charge in [-0.15, -0.1) is 0 Å². The van der Waals surface area contributed by atoms with Gasteiger partial charge in [0, 0.05) is 25.5 Å². The maximum absolute atomic E-state index is 12.7. The lowest BCUT2D eigenvalue weighted by Crippen LogP contribution is -2.33. The Morgan fingerprint density at radius 2 is 1.58 bits per heavy atom. The summed E-state index contributed by atoms with van der Waals surface area (Å²) < 4.78 is 5.86. The third-order valence-electron chi connectivity index (χ3n) is 7.25. The molecule has 6 nitrogen and oxygen atoms in total. The summed E-state index contributed by atoms with van der Waals surface area (Å²) in [7, 11) is 0. The molecule has 33 heavy (non-hydrogen) atoms. The Hall–Kier alpha value is -2.86. The smallest absolute Gasteiger partial charge is 0.233 e. The first-order valence-corrected chi connectivity index (χ1v) is 12.1. The molecule has 2 aromatic heterocycles. The molecule has 2 bridgehead atoms. The van der Waals surface area contributed by atoms with Crippen LogP contribution in [0.5, 0.6) is 0 Å². The summed E-state index contributed by atoms with van der Waals surface area (Å²) >= 11 is 0. The van der Waals surface area contributed by atoms with Crippen molar-refractivity contribution in [1.29, 1.82) is 0 Å². The van der Waals surface area contributed by atoms with Crippen LogP contribution in [0.2, 0.25) is 0 Å². The molecular formula is C27H31N3O3. The van der Waals surface area contributed by atoms with Crippen LogP contribution >= 0.6 is 0 Å². The molecule has 1 aliphatic heterocycles. The maximum Gasteiger partial charge on any atom is 0.233 e. The van der Waals surface area contributed by atoms with Crippen LogP contribution in [-0.2, 0) is 20.9 Å². The molecule has 4 atom stereocenters. The van der Waals surface area contributed by atoms with Crippen molar-refractivity contribution in [3.8, 4) is 11.4 Å². The molecule has 1 saturated heterocycles. The number of nitrogens with zero attached hydrogens (tertiary/aromatic N) is 3. The van der Waals surface area contributed by atoms with Crippen LogP contribution < -0.4 is 0 Å². The van der Waals surface area contributed by atoms with E-state index in [0.29, 0.717) is 31.6 Å². The van der Waals surface area contributed by atoms with E-state index in [0.717, 1.165) is 54.6 Å². The van der Waals surface area contributed by atoms with Crippen molar-refractivity contribution in [2.45, 2.75) is 45.6 Å². The molecule has 6 heteroatoms. The quantitative estimate of drug-likeness (QED) is 0.309. The van der Waals surface area contributed by atoms with Gasteiger partial charge in [-0.3, -0.25) is 24.5 Å². The molecular weight excluding hydrogens is 414 g/mol. The van der Waals surface area contributed by atoms with E-state index in [2.05, 4.69) is 22.1 Å². The summed E-state index contributed by atoms with van der Waals surface area (Å²) in [5, 5.41) is 0. The summed E-state index contributed by atoms with van der Waals surface area (Å²) in [6, 6.07) is 8.01. The van der Waals surface area contributed by atoms with E-state index in [-0.39, 0.29) is 23.7 Å². The van der Waals surface area contributed by atoms with Crippen LogP contribution in [0.4, 0.5) is 0 Å². The normalized spacial score (nSPS) is 25.3. The van der Waals surface area contributed by atoms with Crippen molar-refractivity contribution < 1.29 is 14.3 Å². The summed E-state index contributed by atoms with van der Waals surface area (Å²) in [5.41, 5.74) is 3.98. The highest BCUT2D eigenvalue weighted by molar-refractivity contribution is 6.06. The molecule has 5 rings (SSSR count). The first kappa shape index (κ1) is 22.0. The molecule has 2 aliphatic carbocycles. The topological polar surface area (TPSA) is 72.4 Å². The summed E-state index contributed by atoms with van der Waals surface area (Å²) in [5.74, 6) is 0.587. The van der Waals surface area contributed by atoms with Crippen molar-refractivity contribution in [2.24, 2.45) is 23.7 Å². The Morgan fingerprint density at radius 3 is 2.30 bits per heavy atom. The average Bonchev–Trinajstić information content (AvgIpc) is 3.50. The number of fused-ring (bicyclic) bond motifs is 5. The van der Waals surface area contributed by atoms with E-state index < -0.39 is 0 Å². The molecule has 1 saturated carbocycles. The number of aryl methyl sites for hydroxylation is 1. The van der Waals surface area contributed by atoms with Crippen LogP contribution in [-0.4, -0.2) is 39.8 Å². The number of unbranched alkanes of at least 4 members (excludes halogenated alkanes) is 3. The van der Waals surface area contributed by atoms with Gasteiger partial charge in [0.1, 0.15) is 0 Å². The molecule has 2 aromatic rings. The lowest BCUT2D eigenvalue weighted by atomic mass is 9.85. The Morgan fingerprint density at radius 1 is 0.909 bits per heavy atom. The second-order valence-corrected chi connectivity index (χ2v) is 9.56. The van der Waals surface area contributed by atoms with Gasteiger partial charge < -0.3 is 4.74 Å². The molecule has 0 N–H and O–H groups in total. The summed E-state index contributed by atoms with van der Waals surface area (Å²) in [4.78, 5) is 35.8. The largest absolute Gasteiger partial charge is 0.377 e. The minimum atomic E-state index is -0.0729. The van der Waals surface area contributed by atoms with Gasteiger partial charge in [0.2, 0.25) is 11.8 Å². The van der Waals surface area contributed by atoms with Gasteiger partial charge in [-0.05, 0) is 73.4 Å². The van der Waals surface area contributed by atoms with Gasteiger partial charge in [0.05, 0.1) is 29.8 Å². The fraction of sp³-hybridized carbons (Fsp3) is 0.481. The third kappa shape index (κ3) is 4.49. The van der Waals surface area contributed by atoms with Crippen molar-refractivity contribution >= 4 is 11.8 Å². The number of aromatic nitrogens is 2. The lowest BCUT2D eigenvalue weighted by molar-refractivity contribution is -0.140. The van der Waals surface area contributed by atoms with Crippen molar-refractivity contribution in [1.82, 2.24) is 14.9 Å². The predicted molar refractivity (Wildman–Crippen MR) is 125 cm³/mol. The fourth-order valence-corrected chi connectivity index (χ4v) is 5.58. The van der Waals surface area contributed by atoms with Crippen LogP contribution in [0, 0.1) is 30.6 Å². The van der Waals surface area contributed by atoms with Crippen LogP contribution in [0.3, 0.4) is 0 Å². The highest BCUT2D eigenvalue weighted by Crippen LogP contribution is 2.52. The van der Waals surface area contributed by atoms with Crippen LogP contribution in [0.25, 0.3) is 11.4 Å². The number of imide groups is 1. The van der Waals surface area contributed by atoms with E-state index in [1.165, 1.54) is 0 Å². The molecule has 0 radical (unpaired) electrons. The highest BCUT2D eigenvalue weighted by Gasteiger charge is 2.58. The molecule has 0 spiro atoms. The van der Waals surface area contributed by atoms with Gasteiger partial charge in [0.15, 0.2) is 0 Å². The van der Waals surface area contributed by atoms with Gasteiger partial charge in [0.25, 0.3) is 0 Å². The molecule has 172 valence electrons. The van der Waals surface area contributed by atoms with Crippen LogP contribution in [0.1, 0.15) is 43.2 Å². The number of hydrogen-bond acceptors (Lipinski definition) is 5. The van der Waals surface area contributed by atoms with Crippen LogP contribution in [0.15, 0.2) is 48.8 Å². The minimum Gasteiger partial charge on any atom is -0.377 e. The Bertz CT molecular complexity index is 1040. The summed E-state index contributed by atoms with van der Waals surface area (Å²) in [6.45, 7) is 3.86. The van der Waals surface area contributed by atoms with E-state index in [1.54, 1.807) is 17.3 Å². The van der Waals surface area contributed by atoms with Crippen molar-refractivity contribution in [3.05, 3.63) is 59.9 Å². The van der Waals surface area contributed by atoms with Gasteiger partial charge in [-0.25, -0.2) is 0 Å². The SMILES string of the molecule is Cc1ccnc(-c2cc(COCCCCCCN3C(=O)C4C5C=CC(C5)C4C3=O)ccn2)c1. The number of allylic oxidation sites excluding steroid dienone is 2. The van der Waals surface area contributed by atoms with E-state index in [4.69, 9.17) is 4.74 Å². The summed E-state index contributed by atoms with van der Waals surface area (Å²) in [6.07, 6.45) is 12.8. The predicted octanol–water partition coefficient (Wildman–Crippen LogP) is 4.34. The first-order chi connectivity index (χ1) is 16.1. The van der Waals surface area contributed by atoms with Gasteiger partial charge >= 0.3 is 0 Å². The van der Waals surface area contributed by atoms with E-state index in [9.17, 15) is 9.59 Å². The van der Waals surface area contributed by atoms with Gasteiger partial charge in [-0.1, -0.05) is 25.0 Å². The van der Waals surface area contributed by atoms with Gasteiger partial charge in [-0.2, -0.15) is 0 Å². The molecule has 3 heterocycles. The second kappa shape index (κ2) is 9.56. The molecule has 0 aromatic carbocycles. The third-order valence-corrected chi connectivity index (χ3v) is 7.25. The molecule has 3 aliphatic rings. The monoisotopic (exact) mass is 445 g/mol. The number of hydrogen-bond donors (Lipinski definition) is 0. The Labute approximate surface area is 195 Å². The molecule has 4 unspecified atom stereocenters. The van der Waals surface area contributed by atoms with E-state index in [1.807, 2.05) is 31.2 Å². The van der Waals surface area contributed by atoms with Crippen molar-refractivity contribution in [2.75, 3.05) is 13.2 Å². The first-order valence-electron chi connectivity index (χ1n) is 12.1. The zero-order chi connectivity index (χ0) is 22.8. The number of pyridine rings is 2. The van der Waals surface area contributed by atoms with Crippen molar-refractivity contribution in [3.63, 3.8) is 0 Å². The lowest BCUT2D eigenvalue weighted by Gasteiger charge is -2.17. The zero-order valence-corrected chi connectivity index (χ0v) is 19.2. The number of carbonyl (C=O) groups excluding carboxylic acids is 2. The number of carbonyl (C=O) groups is 2. The number of amides is 2. The second-order valence-electron chi connectivity index (χ2n) is 9.56. The molecule has 2 amide bonds. The number of ether oxygens (including phenoxy) is 1. The maximum atomic E-state index is 12.7.